The molecule has 2 aliphatic carbocycles. The minimum absolute atomic E-state index is 0.0137. The Morgan fingerprint density at radius 3 is 2.46 bits per heavy atom. The molecule has 0 unspecified atom stereocenters. The quantitative estimate of drug-likeness (QED) is 0.238. The number of thioether (sulfide) groups is 1. The summed E-state index contributed by atoms with van der Waals surface area (Å²) in [5.41, 5.74) is 2.13. The van der Waals surface area contributed by atoms with Crippen LogP contribution in [0.15, 0.2) is 82.6 Å². The highest BCUT2D eigenvalue weighted by Crippen LogP contribution is 2.68. The van der Waals surface area contributed by atoms with E-state index in [0.717, 1.165) is 21.9 Å². The maximum atomic E-state index is 14.0. The van der Waals surface area contributed by atoms with Gasteiger partial charge in [0.2, 0.25) is 11.8 Å². The first-order chi connectivity index (χ1) is 22.3. The Labute approximate surface area is 277 Å². The summed E-state index contributed by atoms with van der Waals surface area (Å²) in [4.78, 5) is 58.3. The zero-order valence-corrected chi connectivity index (χ0v) is 26.9. The smallest absolute Gasteiger partial charge is 0.305 e. The molecule has 1 saturated heterocycles. The topological polar surface area (TPSA) is 118 Å². The molecule has 2 N–H and O–H groups in total. The number of amides is 3. The highest BCUT2D eigenvalue weighted by Gasteiger charge is 2.69. The number of carbonyl (C=O) groups excluding carboxylic acids is 3. The number of halogens is 1. The molecule has 3 aromatic carbocycles. The lowest BCUT2D eigenvalue weighted by Crippen LogP contribution is -2.42. The fraction of sp³-hybridized carbons (Fsp3) is 0.294. The van der Waals surface area contributed by atoms with Gasteiger partial charge in [-0.2, -0.15) is 0 Å². The Bertz CT molecular complexity index is 1930. The van der Waals surface area contributed by atoms with E-state index >= 15 is 0 Å². The fourth-order valence-corrected chi connectivity index (χ4v) is 11.1. The van der Waals surface area contributed by atoms with Crippen LogP contribution in [-0.2, 0) is 14.4 Å². The van der Waals surface area contributed by atoms with Crippen LogP contribution in [-0.4, -0.2) is 41.7 Å². The molecule has 4 aromatic rings. The second kappa shape index (κ2) is 11.3. The minimum Gasteiger partial charge on any atom is -0.497 e. The number of aromatic amines is 1. The Kier molecular flexibility index (Phi) is 7.23. The number of hydrogen-bond acceptors (Lipinski definition) is 8. The lowest BCUT2D eigenvalue weighted by atomic mass is 9.68. The molecule has 1 aromatic heterocycles. The summed E-state index contributed by atoms with van der Waals surface area (Å²) in [6, 6.07) is 21.5. The van der Waals surface area contributed by atoms with E-state index in [2.05, 4.69) is 10.3 Å². The molecule has 7 atom stereocenters. The van der Waals surface area contributed by atoms with E-state index in [1.54, 1.807) is 73.5 Å². The van der Waals surface area contributed by atoms with Crippen molar-refractivity contribution in [2.45, 2.75) is 22.6 Å². The molecule has 2 bridgehead atoms. The maximum absolute atomic E-state index is 14.0. The number of methoxy groups -OCH3 is 1. The number of nitrogens with zero attached hydrogens (tertiary/aromatic N) is 1. The largest absolute Gasteiger partial charge is 0.497 e. The van der Waals surface area contributed by atoms with Crippen molar-refractivity contribution in [3.8, 4) is 11.5 Å². The van der Waals surface area contributed by atoms with Crippen LogP contribution in [0.5, 0.6) is 11.5 Å². The SMILES string of the molecule is COc1ccc(N2C(=O)[C@H]3[C@H]4C[C@@H]([C@@H]3C2=O)[C@@H]2[C@H](c3cccc(OCC(=O)Nc5ccc(Cl)cc5)c3)c3sc(=O)[nH]c3S[C@H]42)cc1. The third-order valence-corrected chi connectivity index (χ3v) is 12.6. The first-order valence-electron chi connectivity index (χ1n) is 15.0. The molecule has 12 heteroatoms. The molecule has 2 aliphatic heterocycles. The molecule has 2 saturated carbocycles. The van der Waals surface area contributed by atoms with Gasteiger partial charge in [-0.25, -0.2) is 0 Å². The van der Waals surface area contributed by atoms with Gasteiger partial charge in [0.1, 0.15) is 11.5 Å². The number of fused-ring (bicyclic) bond motifs is 9. The molecule has 4 aliphatic rings. The van der Waals surface area contributed by atoms with E-state index in [-0.39, 0.29) is 64.0 Å². The molecule has 0 radical (unpaired) electrons. The molecular weight excluding hydrogens is 646 g/mol. The number of thiazole rings is 1. The lowest BCUT2D eigenvalue weighted by molar-refractivity contribution is -0.123. The van der Waals surface area contributed by atoms with Crippen molar-refractivity contribution in [2.24, 2.45) is 29.6 Å². The van der Waals surface area contributed by atoms with Crippen molar-refractivity contribution < 1.29 is 23.9 Å². The summed E-state index contributed by atoms with van der Waals surface area (Å²) in [6.07, 6.45) is 0.794. The monoisotopic (exact) mass is 673 g/mol. The molecule has 3 heterocycles. The van der Waals surface area contributed by atoms with Gasteiger partial charge < -0.3 is 19.8 Å². The number of anilines is 2. The van der Waals surface area contributed by atoms with E-state index in [0.29, 0.717) is 27.9 Å². The lowest BCUT2D eigenvalue weighted by Gasteiger charge is -2.43. The van der Waals surface area contributed by atoms with Crippen LogP contribution < -0.4 is 24.6 Å². The number of imide groups is 1. The van der Waals surface area contributed by atoms with Gasteiger partial charge in [-0.1, -0.05) is 35.1 Å². The fourth-order valence-electron chi connectivity index (χ4n) is 8.05. The van der Waals surface area contributed by atoms with E-state index in [1.807, 2.05) is 18.2 Å². The van der Waals surface area contributed by atoms with Gasteiger partial charge >= 0.3 is 4.87 Å². The van der Waals surface area contributed by atoms with Gasteiger partial charge in [0.05, 0.1) is 29.7 Å². The Morgan fingerprint density at radius 2 is 1.72 bits per heavy atom. The number of ether oxygens (including phenoxy) is 2. The first kappa shape index (κ1) is 29.3. The standard InChI is InChI=1S/C34H28ClN3O6S2/c1-43-20-11-9-19(10-12-20)38-32(40)27-22-14-23(28(27)33(38)41)29-26(22)25(30-31(45-29)37-34(42)46-30)16-3-2-4-21(13-16)44-15-24(39)36-18-7-5-17(35)6-8-18/h2-13,22-23,25-29H,14-15H2,1H3,(H,36,39)(H,37,42)/t22-,23-,25+,26-,27+,28+,29-/m1/s1. The van der Waals surface area contributed by atoms with Gasteiger partial charge in [-0.3, -0.25) is 24.1 Å². The summed E-state index contributed by atoms with van der Waals surface area (Å²) in [5, 5.41) is 4.28. The van der Waals surface area contributed by atoms with Crippen LogP contribution in [0, 0.1) is 29.6 Å². The van der Waals surface area contributed by atoms with Crippen molar-refractivity contribution in [3.05, 3.63) is 97.9 Å². The summed E-state index contributed by atoms with van der Waals surface area (Å²) < 4.78 is 11.2. The Hall–Kier alpha value is -4.06. The first-order valence-corrected chi connectivity index (χ1v) is 17.1. The van der Waals surface area contributed by atoms with Crippen LogP contribution in [0.25, 0.3) is 0 Å². The highest BCUT2D eigenvalue weighted by molar-refractivity contribution is 8.00. The highest BCUT2D eigenvalue weighted by atomic mass is 35.5. The van der Waals surface area contributed by atoms with Gasteiger partial charge in [0, 0.05) is 26.8 Å². The minimum atomic E-state index is -0.405. The summed E-state index contributed by atoms with van der Waals surface area (Å²) >= 11 is 8.79. The molecule has 9 nitrogen and oxygen atoms in total. The molecule has 0 spiro atoms. The molecule has 3 fully saturated rings. The van der Waals surface area contributed by atoms with Gasteiger partial charge in [-0.05, 0) is 90.4 Å². The van der Waals surface area contributed by atoms with Crippen LogP contribution >= 0.6 is 34.7 Å². The van der Waals surface area contributed by atoms with E-state index in [9.17, 15) is 19.2 Å². The second-order valence-electron chi connectivity index (χ2n) is 12.1. The predicted octanol–water partition coefficient (Wildman–Crippen LogP) is 5.79. The number of benzene rings is 3. The molecule has 3 amide bonds. The normalized spacial score (nSPS) is 27.3. The maximum Gasteiger partial charge on any atom is 0.305 e. The van der Waals surface area contributed by atoms with E-state index in [4.69, 9.17) is 21.1 Å². The van der Waals surface area contributed by atoms with Crippen LogP contribution in [0.4, 0.5) is 11.4 Å². The van der Waals surface area contributed by atoms with Crippen molar-refractivity contribution in [1.82, 2.24) is 4.98 Å². The number of H-pyrrole nitrogens is 1. The van der Waals surface area contributed by atoms with Gasteiger partial charge in [0.25, 0.3) is 5.91 Å². The summed E-state index contributed by atoms with van der Waals surface area (Å²) in [7, 11) is 1.58. The van der Waals surface area contributed by atoms with E-state index in [1.165, 1.54) is 16.2 Å². The average Bonchev–Trinajstić information content (AvgIpc) is 3.80. The zero-order chi connectivity index (χ0) is 31.7. The Balaban J connectivity index is 1.08. The van der Waals surface area contributed by atoms with Crippen LogP contribution in [0.1, 0.15) is 22.8 Å². The Morgan fingerprint density at radius 1 is 0.978 bits per heavy atom. The van der Waals surface area contributed by atoms with Crippen LogP contribution in [0.3, 0.4) is 0 Å². The third kappa shape index (κ3) is 4.75. The zero-order valence-electron chi connectivity index (χ0n) is 24.5. The van der Waals surface area contributed by atoms with Crippen LogP contribution in [0.2, 0.25) is 5.02 Å². The van der Waals surface area contributed by atoms with E-state index < -0.39 is 5.92 Å². The number of rotatable bonds is 7. The molecule has 8 rings (SSSR count). The average molecular weight is 674 g/mol. The summed E-state index contributed by atoms with van der Waals surface area (Å²) in [6.45, 7) is -0.187. The summed E-state index contributed by atoms with van der Waals surface area (Å²) in [5.74, 6) is -0.311. The third-order valence-electron chi connectivity index (χ3n) is 9.77. The number of carbonyl (C=O) groups is 3. The second-order valence-corrected chi connectivity index (χ2v) is 14.7. The van der Waals surface area contributed by atoms with Crippen molar-refractivity contribution in [1.29, 1.82) is 0 Å². The molecule has 46 heavy (non-hydrogen) atoms. The number of aromatic nitrogens is 1. The molecular formula is C34H28ClN3O6S2. The molecule has 234 valence electrons. The van der Waals surface area contributed by atoms with Crippen molar-refractivity contribution in [2.75, 3.05) is 23.9 Å². The van der Waals surface area contributed by atoms with Gasteiger partial charge in [0.15, 0.2) is 6.61 Å². The number of hydrogen-bond donors (Lipinski definition) is 2. The van der Waals surface area contributed by atoms with Crippen molar-refractivity contribution >= 4 is 63.8 Å². The predicted molar refractivity (Wildman–Crippen MR) is 176 cm³/mol. The number of nitrogens with one attached hydrogen (secondary N) is 2. The van der Waals surface area contributed by atoms with Gasteiger partial charge in [-0.15, -0.1) is 11.8 Å². The van der Waals surface area contributed by atoms with Crippen molar-refractivity contribution in [3.63, 3.8) is 0 Å².